The van der Waals surface area contributed by atoms with Crippen LogP contribution in [0.15, 0.2) is 23.1 Å². The molecular weight excluding hydrogens is 222 g/mol. The molecule has 1 aromatic rings. The Hall–Kier alpha value is -1.16. The Labute approximate surface area is 99.0 Å². The second-order valence-corrected chi connectivity index (χ2v) is 5.48. The highest BCUT2D eigenvalue weighted by atomic mass is 32.2. The number of carboxylic acids is 1. The Kier molecular flexibility index (Phi) is 3.10. The number of anilines is 1. The molecular formula is C12H15NO2S. The first-order valence-corrected chi connectivity index (χ1v) is 6.21. The van der Waals surface area contributed by atoms with E-state index in [0.717, 1.165) is 29.0 Å². The summed E-state index contributed by atoms with van der Waals surface area (Å²) in [5.74, 6) is -0.865. The van der Waals surface area contributed by atoms with Gasteiger partial charge in [-0.1, -0.05) is 6.07 Å². The summed E-state index contributed by atoms with van der Waals surface area (Å²) in [5.41, 5.74) is 7.63. The number of carbonyl (C=O) groups is 1. The van der Waals surface area contributed by atoms with Gasteiger partial charge in [0, 0.05) is 15.8 Å². The maximum Gasteiger partial charge on any atom is 0.307 e. The molecule has 1 aromatic carbocycles. The zero-order chi connectivity index (χ0) is 11.7. The third kappa shape index (κ3) is 2.16. The van der Waals surface area contributed by atoms with E-state index in [1.54, 1.807) is 11.8 Å². The molecule has 0 saturated heterocycles. The van der Waals surface area contributed by atoms with E-state index >= 15 is 0 Å². The summed E-state index contributed by atoms with van der Waals surface area (Å²) in [5, 5.41) is 9.17. The van der Waals surface area contributed by atoms with Crippen molar-refractivity contribution in [1.82, 2.24) is 0 Å². The maximum absolute atomic E-state index is 10.9. The first-order valence-electron chi connectivity index (χ1n) is 5.33. The zero-order valence-electron chi connectivity index (χ0n) is 9.14. The summed E-state index contributed by atoms with van der Waals surface area (Å²) in [7, 11) is 0. The third-order valence-electron chi connectivity index (χ3n) is 3.02. The van der Waals surface area contributed by atoms with Crippen molar-refractivity contribution in [3.05, 3.63) is 23.8 Å². The second-order valence-electron chi connectivity index (χ2n) is 4.20. The molecule has 0 amide bonds. The average Bonchev–Trinajstić information content (AvgIpc) is 2.16. The SMILES string of the molecule is Cc1ccc(N)cc1SC1CCC1C(=O)O. The van der Waals surface area contributed by atoms with E-state index < -0.39 is 5.97 Å². The highest BCUT2D eigenvalue weighted by molar-refractivity contribution is 8.00. The number of aliphatic carboxylic acids is 1. The molecule has 2 unspecified atom stereocenters. The molecule has 0 aliphatic heterocycles. The molecule has 0 bridgehead atoms. The van der Waals surface area contributed by atoms with Gasteiger partial charge in [-0.25, -0.2) is 0 Å². The molecule has 3 nitrogen and oxygen atoms in total. The van der Waals surface area contributed by atoms with E-state index in [0.29, 0.717) is 0 Å². The van der Waals surface area contributed by atoms with Crippen molar-refractivity contribution in [3.8, 4) is 0 Å². The minimum Gasteiger partial charge on any atom is -0.481 e. The van der Waals surface area contributed by atoms with Gasteiger partial charge in [0.2, 0.25) is 0 Å². The van der Waals surface area contributed by atoms with Crippen molar-refractivity contribution >= 4 is 23.4 Å². The van der Waals surface area contributed by atoms with E-state index in [9.17, 15) is 4.79 Å². The monoisotopic (exact) mass is 237 g/mol. The number of aryl methyl sites for hydroxylation is 1. The molecule has 1 saturated carbocycles. The van der Waals surface area contributed by atoms with Gasteiger partial charge in [0.1, 0.15) is 0 Å². The quantitative estimate of drug-likeness (QED) is 0.793. The molecule has 2 atom stereocenters. The van der Waals surface area contributed by atoms with Crippen molar-refractivity contribution < 1.29 is 9.90 Å². The van der Waals surface area contributed by atoms with Gasteiger partial charge < -0.3 is 10.8 Å². The van der Waals surface area contributed by atoms with Gasteiger partial charge in [-0.05, 0) is 37.5 Å². The van der Waals surface area contributed by atoms with Crippen LogP contribution in [0.5, 0.6) is 0 Å². The van der Waals surface area contributed by atoms with Gasteiger partial charge in [-0.3, -0.25) is 4.79 Å². The molecule has 0 heterocycles. The van der Waals surface area contributed by atoms with Crippen molar-refractivity contribution in [2.45, 2.75) is 29.9 Å². The molecule has 16 heavy (non-hydrogen) atoms. The number of nitrogens with two attached hydrogens (primary N) is 1. The van der Waals surface area contributed by atoms with E-state index in [1.807, 2.05) is 25.1 Å². The Morgan fingerprint density at radius 1 is 1.50 bits per heavy atom. The van der Waals surface area contributed by atoms with Gasteiger partial charge in [-0.2, -0.15) is 0 Å². The summed E-state index contributed by atoms with van der Waals surface area (Å²) < 4.78 is 0. The van der Waals surface area contributed by atoms with Crippen molar-refractivity contribution in [2.75, 3.05) is 5.73 Å². The standard InChI is InChI=1S/C12H15NO2S/c1-7-2-3-8(13)6-11(7)16-10-5-4-9(10)12(14)15/h2-3,6,9-10H,4-5,13H2,1H3,(H,14,15). The van der Waals surface area contributed by atoms with E-state index in [2.05, 4.69) is 0 Å². The van der Waals surface area contributed by atoms with E-state index in [4.69, 9.17) is 10.8 Å². The lowest BCUT2D eigenvalue weighted by Gasteiger charge is -2.33. The fraction of sp³-hybridized carbons (Fsp3) is 0.417. The largest absolute Gasteiger partial charge is 0.481 e. The molecule has 2 rings (SSSR count). The van der Waals surface area contributed by atoms with E-state index in [1.165, 1.54) is 0 Å². The Bertz CT molecular complexity index is 419. The van der Waals surface area contributed by atoms with Crippen LogP contribution in [0.2, 0.25) is 0 Å². The summed E-state index contributed by atoms with van der Waals surface area (Å²) in [6.07, 6.45) is 1.78. The number of benzene rings is 1. The van der Waals surface area contributed by atoms with Crippen molar-refractivity contribution in [3.63, 3.8) is 0 Å². The van der Waals surface area contributed by atoms with Crippen LogP contribution in [0.1, 0.15) is 18.4 Å². The van der Waals surface area contributed by atoms with Gasteiger partial charge in [0.15, 0.2) is 0 Å². The smallest absolute Gasteiger partial charge is 0.307 e. The lowest BCUT2D eigenvalue weighted by molar-refractivity contribution is -0.144. The van der Waals surface area contributed by atoms with Crippen LogP contribution in [-0.2, 0) is 4.79 Å². The van der Waals surface area contributed by atoms with E-state index in [-0.39, 0.29) is 11.2 Å². The first kappa shape index (κ1) is 11.3. The van der Waals surface area contributed by atoms with Crippen LogP contribution in [0.25, 0.3) is 0 Å². The highest BCUT2D eigenvalue weighted by Gasteiger charge is 2.37. The topological polar surface area (TPSA) is 63.3 Å². The number of hydrogen-bond donors (Lipinski definition) is 2. The van der Waals surface area contributed by atoms with Crippen LogP contribution < -0.4 is 5.73 Å². The van der Waals surface area contributed by atoms with Crippen molar-refractivity contribution in [1.29, 1.82) is 0 Å². The summed E-state index contributed by atoms with van der Waals surface area (Å²) in [6.45, 7) is 2.02. The van der Waals surface area contributed by atoms with Gasteiger partial charge in [0.05, 0.1) is 5.92 Å². The predicted octanol–water partition coefficient (Wildman–Crippen LogP) is 2.53. The van der Waals surface area contributed by atoms with Crippen LogP contribution in [-0.4, -0.2) is 16.3 Å². The average molecular weight is 237 g/mol. The molecule has 0 aromatic heterocycles. The first-order chi connectivity index (χ1) is 7.58. The number of thioether (sulfide) groups is 1. The molecule has 0 spiro atoms. The predicted molar refractivity (Wildman–Crippen MR) is 65.6 cm³/mol. The molecule has 1 aliphatic carbocycles. The fourth-order valence-corrected chi connectivity index (χ4v) is 3.25. The number of carboxylic acid groups (broad SMARTS) is 1. The molecule has 1 aliphatic rings. The molecule has 3 N–H and O–H groups in total. The van der Waals surface area contributed by atoms with Crippen LogP contribution in [0.4, 0.5) is 5.69 Å². The normalized spacial score (nSPS) is 23.8. The van der Waals surface area contributed by atoms with Crippen LogP contribution >= 0.6 is 11.8 Å². The van der Waals surface area contributed by atoms with Gasteiger partial charge >= 0.3 is 5.97 Å². The summed E-state index contributed by atoms with van der Waals surface area (Å²) in [4.78, 5) is 12.0. The molecule has 0 radical (unpaired) electrons. The van der Waals surface area contributed by atoms with Crippen LogP contribution in [0.3, 0.4) is 0 Å². The fourth-order valence-electron chi connectivity index (χ4n) is 1.80. The number of hydrogen-bond acceptors (Lipinski definition) is 3. The lowest BCUT2D eigenvalue weighted by Crippen LogP contribution is -2.35. The highest BCUT2D eigenvalue weighted by Crippen LogP contribution is 2.42. The van der Waals surface area contributed by atoms with Gasteiger partial charge in [-0.15, -0.1) is 11.8 Å². The van der Waals surface area contributed by atoms with Gasteiger partial charge in [0.25, 0.3) is 0 Å². The second kappa shape index (κ2) is 4.37. The minimum atomic E-state index is -0.676. The third-order valence-corrected chi connectivity index (χ3v) is 4.58. The summed E-state index contributed by atoms with van der Waals surface area (Å²) in [6, 6.07) is 5.78. The Balaban J connectivity index is 2.09. The minimum absolute atomic E-state index is 0.189. The lowest BCUT2D eigenvalue weighted by atomic mass is 9.85. The van der Waals surface area contributed by atoms with Crippen molar-refractivity contribution in [2.24, 2.45) is 5.92 Å². The molecule has 86 valence electrons. The Morgan fingerprint density at radius 2 is 2.25 bits per heavy atom. The maximum atomic E-state index is 10.9. The van der Waals surface area contributed by atoms with Crippen LogP contribution in [0, 0.1) is 12.8 Å². The Morgan fingerprint density at radius 3 is 2.81 bits per heavy atom. The molecule has 1 fully saturated rings. The number of rotatable bonds is 3. The number of nitrogen functional groups attached to an aromatic ring is 1. The summed E-state index contributed by atoms with van der Waals surface area (Å²) >= 11 is 1.65. The zero-order valence-corrected chi connectivity index (χ0v) is 9.96. The molecule has 4 heteroatoms.